The van der Waals surface area contributed by atoms with Crippen LogP contribution in [-0.2, 0) is 17.8 Å². The normalized spacial score (nSPS) is 10.6. The molecule has 0 aliphatic heterocycles. The van der Waals surface area contributed by atoms with Crippen molar-refractivity contribution in [1.82, 2.24) is 5.32 Å². The van der Waals surface area contributed by atoms with E-state index in [1.807, 2.05) is 38.1 Å². The van der Waals surface area contributed by atoms with Crippen molar-refractivity contribution in [2.75, 3.05) is 6.61 Å². The Balaban J connectivity index is 0.00000326. The number of aliphatic hydroxyl groups excluding tert-OH is 1. The second-order valence-corrected chi connectivity index (χ2v) is 5.39. The molecule has 0 spiro atoms. The molecule has 0 unspecified atom stereocenters. The lowest BCUT2D eigenvalue weighted by Gasteiger charge is -2.12. The van der Waals surface area contributed by atoms with E-state index in [1.54, 1.807) is 30.4 Å². The molecule has 0 saturated carbocycles. The Hall–Kier alpha value is -2.91. The summed E-state index contributed by atoms with van der Waals surface area (Å²) in [5.74, 6) is -0.238. The van der Waals surface area contributed by atoms with Gasteiger partial charge < -0.3 is 10.4 Å². The number of carbonyl (C=O) groups excluding carboxylic acids is 1. The summed E-state index contributed by atoms with van der Waals surface area (Å²) in [6, 6.07) is 7.75. The van der Waals surface area contributed by atoms with Crippen molar-refractivity contribution < 1.29 is 9.90 Å². The predicted octanol–water partition coefficient (Wildman–Crippen LogP) is 4.83. The third-order valence-electron chi connectivity index (χ3n) is 3.55. The van der Waals surface area contributed by atoms with Gasteiger partial charge in [-0.15, -0.1) is 0 Å². The fraction of sp³-hybridized carbons (Fsp3) is 0.208. The van der Waals surface area contributed by atoms with Gasteiger partial charge in [-0.3, -0.25) is 4.79 Å². The molecule has 3 nitrogen and oxygen atoms in total. The highest BCUT2D eigenvalue weighted by Crippen LogP contribution is 2.18. The van der Waals surface area contributed by atoms with Crippen molar-refractivity contribution in [3.63, 3.8) is 0 Å². The highest BCUT2D eigenvalue weighted by Gasteiger charge is 2.13. The van der Waals surface area contributed by atoms with E-state index in [0.717, 1.165) is 11.1 Å². The van der Waals surface area contributed by atoms with Gasteiger partial charge >= 0.3 is 0 Å². The maximum absolute atomic E-state index is 12.5. The molecule has 0 aliphatic rings. The van der Waals surface area contributed by atoms with Gasteiger partial charge in [-0.05, 0) is 34.8 Å². The number of benzene rings is 1. The molecule has 0 aliphatic carbocycles. The Morgan fingerprint density at radius 1 is 1.07 bits per heavy atom. The maximum atomic E-state index is 12.5. The first-order valence-corrected chi connectivity index (χ1v) is 9.00. The lowest BCUT2D eigenvalue weighted by atomic mass is 9.99. The number of hydrogen-bond acceptors (Lipinski definition) is 2. The third-order valence-corrected chi connectivity index (χ3v) is 3.55. The molecule has 2 N–H and O–H groups in total. The first kappa shape index (κ1) is 24.1. The zero-order valence-electron chi connectivity index (χ0n) is 16.5. The maximum Gasteiger partial charge on any atom is 0.252 e. The van der Waals surface area contributed by atoms with Crippen LogP contribution in [0.5, 0.6) is 0 Å². The Bertz CT molecular complexity index is 706. The second-order valence-electron chi connectivity index (χ2n) is 5.39. The van der Waals surface area contributed by atoms with Crippen molar-refractivity contribution in [1.29, 1.82) is 0 Å². The largest absolute Gasteiger partial charge is 0.396 e. The van der Waals surface area contributed by atoms with E-state index in [2.05, 4.69) is 31.6 Å². The van der Waals surface area contributed by atoms with Gasteiger partial charge in [-0.1, -0.05) is 88.7 Å². The molecule has 0 atom stereocenters. The molecule has 0 heterocycles. The first-order chi connectivity index (χ1) is 13.0. The molecule has 1 amide bonds. The van der Waals surface area contributed by atoms with Crippen LogP contribution in [0.15, 0.2) is 97.7 Å². The van der Waals surface area contributed by atoms with E-state index >= 15 is 0 Å². The Morgan fingerprint density at radius 3 is 2.19 bits per heavy atom. The lowest BCUT2D eigenvalue weighted by molar-refractivity contribution is -0.117. The molecule has 0 fully saturated rings. The molecular formula is C24H31NO2. The minimum atomic E-state index is -0.238. The van der Waals surface area contributed by atoms with E-state index in [-0.39, 0.29) is 12.5 Å². The number of carbonyl (C=O) groups is 1. The average Bonchev–Trinajstić information content (AvgIpc) is 2.70. The van der Waals surface area contributed by atoms with Gasteiger partial charge in [0.2, 0.25) is 0 Å². The minimum Gasteiger partial charge on any atom is -0.396 e. The quantitative estimate of drug-likeness (QED) is 0.461. The molecule has 1 rings (SSSR count). The highest BCUT2D eigenvalue weighted by atomic mass is 16.2. The molecule has 0 bridgehead atoms. The topological polar surface area (TPSA) is 49.3 Å². The molecular weight excluding hydrogens is 334 g/mol. The van der Waals surface area contributed by atoms with E-state index in [9.17, 15) is 4.79 Å². The van der Waals surface area contributed by atoms with Gasteiger partial charge in [0, 0.05) is 18.7 Å². The molecule has 0 radical (unpaired) electrons. The van der Waals surface area contributed by atoms with Gasteiger partial charge in [-0.25, -0.2) is 0 Å². The summed E-state index contributed by atoms with van der Waals surface area (Å²) in [5, 5.41) is 11.8. The second kappa shape index (κ2) is 14.3. The van der Waals surface area contributed by atoms with E-state index in [0.29, 0.717) is 29.7 Å². The third kappa shape index (κ3) is 8.84. The van der Waals surface area contributed by atoms with Crippen LogP contribution in [0.3, 0.4) is 0 Å². The van der Waals surface area contributed by atoms with Gasteiger partial charge in [-0.2, -0.15) is 0 Å². The van der Waals surface area contributed by atoms with Crippen molar-refractivity contribution >= 4 is 5.91 Å². The summed E-state index contributed by atoms with van der Waals surface area (Å²) < 4.78 is 0. The van der Waals surface area contributed by atoms with Crippen LogP contribution in [0.4, 0.5) is 0 Å². The molecule has 1 aromatic rings. The van der Waals surface area contributed by atoms with E-state index in [4.69, 9.17) is 5.11 Å². The predicted molar refractivity (Wildman–Crippen MR) is 116 cm³/mol. The number of rotatable bonds is 10. The zero-order chi connectivity index (χ0) is 20.7. The zero-order valence-corrected chi connectivity index (χ0v) is 16.5. The molecule has 144 valence electrons. The minimum absolute atomic E-state index is 0.123. The molecule has 0 saturated heterocycles. The van der Waals surface area contributed by atoms with Gasteiger partial charge in [0.1, 0.15) is 0 Å². The standard InChI is InChI=1S/C22H25NO2.C2H6/c1-5-7-9-17(3)18(4)21(8-6-2)22(25)23-16-20-12-10-19(11-13-20)14-15-24;1-2/h5-13,24H,1-4,14-16H2,(H,23,25);1-2H3/b9-7-,21-8+;. The van der Waals surface area contributed by atoms with Crippen molar-refractivity contribution in [3.05, 3.63) is 109 Å². The Morgan fingerprint density at radius 2 is 1.67 bits per heavy atom. The van der Waals surface area contributed by atoms with Crippen LogP contribution in [0.1, 0.15) is 25.0 Å². The summed E-state index contributed by atoms with van der Waals surface area (Å²) in [6.45, 7) is 19.6. The van der Waals surface area contributed by atoms with Gasteiger partial charge in [0.15, 0.2) is 0 Å². The monoisotopic (exact) mass is 365 g/mol. The number of nitrogens with one attached hydrogen (secondary N) is 1. The van der Waals surface area contributed by atoms with Crippen LogP contribution < -0.4 is 5.32 Å². The highest BCUT2D eigenvalue weighted by molar-refractivity contribution is 5.99. The Kier molecular flexibility index (Phi) is 12.7. The summed E-state index contributed by atoms with van der Waals surface area (Å²) in [7, 11) is 0. The van der Waals surface area contributed by atoms with Gasteiger partial charge in [0.25, 0.3) is 5.91 Å². The summed E-state index contributed by atoms with van der Waals surface area (Å²) in [6.07, 6.45) is 8.92. The van der Waals surface area contributed by atoms with Crippen molar-refractivity contribution in [2.24, 2.45) is 0 Å². The Labute approximate surface area is 163 Å². The van der Waals surface area contributed by atoms with Crippen LogP contribution in [0.25, 0.3) is 0 Å². The van der Waals surface area contributed by atoms with Crippen molar-refractivity contribution in [3.8, 4) is 0 Å². The van der Waals surface area contributed by atoms with Crippen LogP contribution in [0.2, 0.25) is 0 Å². The summed E-state index contributed by atoms with van der Waals surface area (Å²) >= 11 is 0. The van der Waals surface area contributed by atoms with Gasteiger partial charge in [0.05, 0.1) is 0 Å². The van der Waals surface area contributed by atoms with E-state index < -0.39 is 0 Å². The fourth-order valence-electron chi connectivity index (χ4n) is 2.12. The molecule has 1 aromatic carbocycles. The van der Waals surface area contributed by atoms with Crippen LogP contribution >= 0.6 is 0 Å². The smallest absolute Gasteiger partial charge is 0.252 e. The average molecular weight is 366 g/mol. The van der Waals surface area contributed by atoms with E-state index in [1.165, 1.54) is 0 Å². The van der Waals surface area contributed by atoms with Crippen LogP contribution in [-0.4, -0.2) is 17.6 Å². The lowest BCUT2D eigenvalue weighted by Crippen LogP contribution is -2.25. The number of hydrogen-bond donors (Lipinski definition) is 2. The fourth-order valence-corrected chi connectivity index (χ4v) is 2.12. The van der Waals surface area contributed by atoms with Crippen LogP contribution in [0, 0.1) is 0 Å². The SMILES string of the molecule is C=C/C=C\C(=C)C(=C)/C(=C\C=C)C(=O)NCc1ccc(CCO)cc1.CC. The summed E-state index contributed by atoms with van der Waals surface area (Å²) in [5.41, 5.74) is 3.63. The number of amides is 1. The molecule has 3 heteroatoms. The molecule has 0 aromatic heterocycles. The summed E-state index contributed by atoms with van der Waals surface area (Å²) in [4.78, 5) is 12.5. The van der Waals surface area contributed by atoms with Crippen molar-refractivity contribution in [2.45, 2.75) is 26.8 Å². The number of allylic oxidation sites excluding steroid dienone is 6. The number of aliphatic hydroxyl groups is 1. The molecule has 27 heavy (non-hydrogen) atoms. The first-order valence-electron chi connectivity index (χ1n) is 9.00.